The summed E-state index contributed by atoms with van der Waals surface area (Å²) in [6, 6.07) is 18.3. The summed E-state index contributed by atoms with van der Waals surface area (Å²) in [5, 5.41) is 14.3. The summed E-state index contributed by atoms with van der Waals surface area (Å²) >= 11 is 1.61. The third kappa shape index (κ3) is 3.39. The van der Waals surface area contributed by atoms with Crippen LogP contribution in [0.3, 0.4) is 0 Å². The molecule has 0 aliphatic rings. The van der Waals surface area contributed by atoms with Crippen LogP contribution in [0.1, 0.15) is 17.0 Å². The molecule has 126 valence electrons. The molecule has 0 N–H and O–H groups in total. The minimum Gasteiger partial charge on any atom is -0.497 e. The van der Waals surface area contributed by atoms with Crippen molar-refractivity contribution in [2.45, 2.75) is 19.3 Å². The second-order valence-corrected chi connectivity index (χ2v) is 6.82. The highest BCUT2D eigenvalue weighted by Crippen LogP contribution is 2.24. The molecule has 0 saturated carbocycles. The molecule has 4 rings (SSSR count). The number of aromatic nitrogens is 4. The zero-order valence-corrected chi connectivity index (χ0v) is 14.7. The maximum atomic E-state index is 5.20. The Kier molecular flexibility index (Phi) is 4.43. The zero-order valence-electron chi connectivity index (χ0n) is 13.9. The largest absolute Gasteiger partial charge is 0.497 e. The lowest BCUT2D eigenvalue weighted by Gasteiger charge is -2.01. The number of methoxy groups -OCH3 is 1. The first-order valence-electron chi connectivity index (χ1n) is 8.23. The van der Waals surface area contributed by atoms with Gasteiger partial charge in [-0.3, -0.25) is 0 Å². The van der Waals surface area contributed by atoms with E-state index in [1.807, 2.05) is 34.8 Å². The lowest BCUT2D eigenvalue weighted by atomic mass is 10.1. The maximum absolute atomic E-state index is 5.20. The predicted molar refractivity (Wildman–Crippen MR) is 99.1 cm³/mol. The van der Waals surface area contributed by atoms with Gasteiger partial charge in [0.2, 0.25) is 4.96 Å². The van der Waals surface area contributed by atoms with Gasteiger partial charge in [0, 0.05) is 12.0 Å². The normalized spacial score (nSPS) is 11.1. The topological polar surface area (TPSA) is 52.3 Å². The van der Waals surface area contributed by atoms with Gasteiger partial charge >= 0.3 is 0 Å². The third-order valence-corrected chi connectivity index (χ3v) is 5.04. The van der Waals surface area contributed by atoms with E-state index in [9.17, 15) is 0 Å². The molecule has 2 heterocycles. The highest BCUT2D eigenvalue weighted by Gasteiger charge is 2.13. The molecule has 5 nitrogen and oxygen atoms in total. The van der Waals surface area contributed by atoms with Crippen LogP contribution in [-0.4, -0.2) is 26.9 Å². The first kappa shape index (κ1) is 15.8. The van der Waals surface area contributed by atoms with Crippen LogP contribution in [0, 0.1) is 0 Å². The minimum absolute atomic E-state index is 0.767. The van der Waals surface area contributed by atoms with Crippen molar-refractivity contribution in [2.75, 3.05) is 7.11 Å². The average molecular weight is 350 g/mol. The molecule has 0 amide bonds. The lowest BCUT2D eigenvalue weighted by molar-refractivity contribution is 0.415. The van der Waals surface area contributed by atoms with Gasteiger partial charge < -0.3 is 4.74 Å². The summed E-state index contributed by atoms with van der Waals surface area (Å²) in [7, 11) is 1.66. The van der Waals surface area contributed by atoms with Crippen LogP contribution in [0.2, 0.25) is 0 Å². The molecular weight excluding hydrogens is 332 g/mol. The molecule has 0 spiro atoms. The summed E-state index contributed by atoms with van der Waals surface area (Å²) in [4.78, 5) is 0.834. The number of hydrogen-bond donors (Lipinski definition) is 0. The van der Waals surface area contributed by atoms with Gasteiger partial charge in [-0.15, -0.1) is 10.2 Å². The Morgan fingerprint density at radius 3 is 2.52 bits per heavy atom. The molecule has 0 unspecified atom stereocenters. The van der Waals surface area contributed by atoms with Crippen molar-refractivity contribution in [3.63, 3.8) is 0 Å². The van der Waals surface area contributed by atoms with Crippen molar-refractivity contribution < 1.29 is 4.74 Å². The molecule has 0 fully saturated rings. The molecule has 0 atom stereocenters. The molecule has 0 aliphatic heterocycles. The first-order chi connectivity index (χ1) is 12.3. The Morgan fingerprint density at radius 1 is 0.960 bits per heavy atom. The van der Waals surface area contributed by atoms with E-state index < -0.39 is 0 Å². The second kappa shape index (κ2) is 7.03. The SMILES string of the molecule is COc1ccc(-c2nnc3sc(CCCc4ccccc4)nn23)cc1. The fraction of sp³-hybridized carbons (Fsp3) is 0.211. The number of hydrogen-bond acceptors (Lipinski definition) is 5. The van der Waals surface area contributed by atoms with E-state index >= 15 is 0 Å². The minimum atomic E-state index is 0.767. The molecular formula is C19H18N4OS. The van der Waals surface area contributed by atoms with Crippen molar-refractivity contribution in [2.24, 2.45) is 0 Å². The zero-order chi connectivity index (χ0) is 17.1. The maximum Gasteiger partial charge on any atom is 0.234 e. The van der Waals surface area contributed by atoms with E-state index in [0.29, 0.717) is 0 Å². The number of aryl methyl sites for hydroxylation is 2. The Morgan fingerprint density at radius 2 is 1.76 bits per heavy atom. The quantitative estimate of drug-likeness (QED) is 0.527. The van der Waals surface area contributed by atoms with Gasteiger partial charge in [0.25, 0.3) is 0 Å². The van der Waals surface area contributed by atoms with Crippen LogP contribution < -0.4 is 4.74 Å². The van der Waals surface area contributed by atoms with Gasteiger partial charge in [0.15, 0.2) is 5.82 Å². The highest BCUT2D eigenvalue weighted by atomic mass is 32.1. The molecule has 6 heteroatoms. The predicted octanol–water partition coefficient (Wildman–Crippen LogP) is 4.04. The molecule has 0 bridgehead atoms. The Bertz CT molecular complexity index is 960. The average Bonchev–Trinajstić information content (AvgIpc) is 3.23. The molecule has 2 aromatic carbocycles. The van der Waals surface area contributed by atoms with E-state index in [0.717, 1.165) is 46.4 Å². The van der Waals surface area contributed by atoms with Crippen LogP contribution in [0.4, 0.5) is 0 Å². The number of rotatable bonds is 6. The smallest absolute Gasteiger partial charge is 0.234 e. The van der Waals surface area contributed by atoms with Crippen molar-refractivity contribution in [1.29, 1.82) is 0 Å². The Labute approximate surface area is 149 Å². The first-order valence-corrected chi connectivity index (χ1v) is 9.04. The molecule has 0 saturated heterocycles. The van der Waals surface area contributed by atoms with E-state index in [1.54, 1.807) is 18.4 Å². The van der Waals surface area contributed by atoms with E-state index in [2.05, 4.69) is 34.5 Å². The van der Waals surface area contributed by atoms with E-state index in [1.165, 1.54) is 5.56 Å². The molecule has 25 heavy (non-hydrogen) atoms. The van der Waals surface area contributed by atoms with Gasteiger partial charge in [-0.2, -0.15) is 9.61 Å². The standard InChI is InChI=1S/C19H18N4OS/c1-24-16-12-10-15(11-13-16)18-20-21-19-23(18)22-17(25-19)9-5-8-14-6-3-2-4-7-14/h2-4,6-7,10-13H,5,8-9H2,1H3. The molecule has 4 aromatic rings. The van der Waals surface area contributed by atoms with E-state index in [-0.39, 0.29) is 0 Å². The molecule has 0 radical (unpaired) electrons. The Balaban J connectivity index is 1.49. The summed E-state index contributed by atoms with van der Waals surface area (Å²) in [6.45, 7) is 0. The van der Waals surface area contributed by atoms with Crippen LogP contribution >= 0.6 is 11.3 Å². The highest BCUT2D eigenvalue weighted by molar-refractivity contribution is 7.16. The van der Waals surface area contributed by atoms with Crippen molar-refractivity contribution >= 4 is 16.3 Å². The van der Waals surface area contributed by atoms with Crippen molar-refractivity contribution in [3.8, 4) is 17.1 Å². The van der Waals surface area contributed by atoms with Gasteiger partial charge in [-0.1, -0.05) is 41.7 Å². The van der Waals surface area contributed by atoms with Gasteiger partial charge in [-0.25, -0.2) is 0 Å². The monoisotopic (exact) mass is 350 g/mol. The van der Waals surface area contributed by atoms with E-state index in [4.69, 9.17) is 9.84 Å². The number of fused-ring (bicyclic) bond motifs is 1. The van der Waals surface area contributed by atoms with Crippen LogP contribution in [0.25, 0.3) is 16.3 Å². The lowest BCUT2D eigenvalue weighted by Crippen LogP contribution is -1.94. The van der Waals surface area contributed by atoms with Crippen molar-refractivity contribution in [1.82, 2.24) is 19.8 Å². The second-order valence-electron chi connectivity index (χ2n) is 5.78. The summed E-state index contributed by atoms with van der Waals surface area (Å²) in [6.07, 6.45) is 3.09. The van der Waals surface area contributed by atoms with Crippen LogP contribution in [0.15, 0.2) is 54.6 Å². The summed E-state index contributed by atoms with van der Waals surface area (Å²) in [5.74, 6) is 1.59. The summed E-state index contributed by atoms with van der Waals surface area (Å²) in [5.41, 5.74) is 2.35. The summed E-state index contributed by atoms with van der Waals surface area (Å²) < 4.78 is 7.04. The Hall–Kier alpha value is -2.73. The third-order valence-electron chi connectivity index (χ3n) is 4.08. The van der Waals surface area contributed by atoms with Gasteiger partial charge in [0.1, 0.15) is 10.8 Å². The van der Waals surface area contributed by atoms with Crippen LogP contribution in [-0.2, 0) is 12.8 Å². The van der Waals surface area contributed by atoms with Crippen molar-refractivity contribution in [3.05, 3.63) is 65.2 Å². The molecule has 0 aliphatic carbocycles. The fourth-order valence-electron chi connectivity index (χ4n) is 2.77. The number of nitrogens with zero attached hydrogens (tertiary/aromatic N) is 4. The van der Waals surface area contributed by atoms with Crippen LogP contribution in [0.5, 0.6) is 5.75 Å². The number of ether oxygens (including phenoxy) is 1. The fourth-order valence-corrected chi connectivity index (χ4v) is 3.64. The van der Waals surface area contributed by atoms with Gasteiger partial charge in [-0.05, 0) is 42.7 Å². The molecule has 2 aromatic heterocycles. The van der Waals surface area contributed by atoms with Gasteiger partial charge in [0.05, 0.1) is 7.11 Å². The number of benzene rings is 2.